The fraction of sp³-hybridized carbons (Fsp3) is 0.176. The Morgan fingerprint density at radius 3 is 2.60 bits per heavy atom. The summed E-state index contributed by atoms with van der Waals surface area (Å²) < 4.78 is 19.2. The molecule has 2 aromatic rings. The average molecular weight is 289 g/mol. The van der Waals surface area contributed by atoms with Gasteiger partial charge < -0.3 is 4.74 Å². The van der Waals surface area contributed by atoms with E-state index in [4.69, 9.17) is 16.3 Å². The molecule has 0 aliphatic carbocycles. The average Bonchev–Trinajstić information content (AvgIpc) is 2.47. The lowest BCUT2D eigenvalue weighted by atomic mass is 10.2. The zero-order chi connectivity index (χ0) is 14.2. The van der Waals surface area contributed by atoms with E-state index in [-0.39, 0.29) is 11.7 Å². The minimum Gasteiger partial charge on any atom is -0.493 e. The predicted molar refractivity (Wildman–Crippen MR) is 79.6 cm³/mol. The number of hydrogen-bond acceptors (Lipinski definition) is 1. The van der Waals surface area contributed by atoms with Gasteiger partial charge in [0, 0.05) is 12.5 Å². The fourth-order valence-electron chi connectivity index (χ4n) is 1.75. The van der Waals surface area contributed by atoms with E-state index in [0.717, 1.165) is 6.42 Å². The Morgan fingerprint density at radius 2 is 1.90 bits per heavy atom. The van der Waals surface area contributed by atoms with Crippen molar-refractivity contribution in [3.05, 3.63) is 65.5 Å². The topological polar surface area (TPSA) is 9.23 Å². The molecule has 0 saturated heterocycles. The lowest BCUT2D eigenvalue weighted by molar-refractivity contribution is 0.320. The highest BCUT2D eigenvalue weighted by atomic mass is 35.5. The quantitative estimate of drug-likeness (QED) is 0.609. The molecular formula is C17H14ClFO. The zero-order valence-electron chi connectivity index (χ0n) is 10.9. The van der Waals surface area contributed by atoms with Crippen LogP contribution in [-0.4, -0.2) is 12.5 Å². The molecule has 0 fully saturated rings. The number of hydrogen-bond donors (Lipinski definition) is 0. The van der Waals surface area contributed by atoms with Crippen LogP contribution in [0.3, 0.4) is 0 Å². The van der Waals surface area contributed by atoms with Gasteiger partial charge in [0.25, 0.3) is 0 Å². The van der Waals surface area contributed by atoms with Crippen molar-refractivity contribution < 1.29 is 9.13 Å². The first-order chi connectivity index (χ1) is 9.79. The van der Waals surface area contributed by atoms with Gasteiger partial charge in [-0.3, -0.25) is 0 Å². The first-order valence-corrected chi connectivity index (χ1v) is 6.84. The summed E-state index contributed by atoms with van der Waals surface area (Å²) in [6.45, 7) is 0.510. The highest BCUT2D eigenvalue weighted by Crippen LogP contribution is 2.16. The molecule has 3 heteroatoms. The lowest BCUT2D eigenvalue weighted by Crippen LogP contribution is -2.01. The molecule has 0 bridgehead atoms. The van der Waals surface area contributed by atoms with Crippen molar-refractivity contribution in [2.24, 2.45) is 0 Å². The van der Waals surface area contributed by atoms with E-state index in [1.54, 1.807) is 12.1 Å². The Hall–Kier alpha value is -1.98. The van der Waals surface area contributed by atoms with E-state index in [1.807, 2.05) is 30.3 Å². The van der Waals surface area contributed by atoms with Gasteiger partial charge in [0.05, 0.1) is 18.1 Å². The predicted octanol–water partition coefficient (Wildman–Crippen LogP) is 4.04. The maximum Gasteiger partial charge on any atom is 0.142 e. The molecule has 0 saturated carbocycles. The standard InChI is InChI=1S/C17H14ClFO/c18-11-4-7-15-8-9-16(13-17(15)19)20-12-10-14-5-2-1-3-6-14/h1-3,5-6,8-9,13H,10-12H2. The Bertz CT molecular complexity index is 614. The van der Waals surface area contributed by atoms with Crippen molar-refractivity contribution in [3.8, 4) is 17.6 Å². The molecule has 0 amide bonds. The summed E-state index contributed by atoms with van der Waals surface area (Å²) in [6.07, 6.45) is 0.788. The second-order valence-electron chi connectivity index (χ2n) is 4.16. The van der Waals surface area contributed by atoms with Crippen molar-refractivity contribution in [1.29, 1.82) is 0 Å². The summed E-state index contributed by atoms with van der Waals surface area (Å²) >= 11 is 5.44. The van der Waals surface area contributed by atoms with Crippen LogP contribution in [0.25, 0.3) is 0 Å². The van der Waals surface area contributed by atoms with Crippen LogP contribution < -0.4 is 4.74 Å². The van der Waals surface area contributed by atoms with Crippen LogP contribution in [0.5, 0.6) is 5.75 Å². The molecule has 20 heavy (non-hydrogen) atoms. The Morgan fingerprint density at radius 1 is 1.10 bits per heavy atom. The summed E-state index contributed by atoms with van der Waals surface area (Å²) in [4.78, 5) is 0. The van der Waals surface area contributed by atoms with Crippen LogP contribution in [0.2, 0.25) is 0 Å². The monoisotopic (exact) mass is 288 g/mol. The van der Waals surface area contributed by atoms with Gasteiger partial charge in [0.1, 0.15) is 11.6 Å². The van der Waals surface area contributed by atoms with Gasteiger partial charge in [-0.05, 0) is 17.7 Å². The van der Waals surface area contributed by atoms with E-state index < -0.39 is 0 Å². The Balaban J connectivity index is 1.92. The molecule has 1 nitrogen and oxygen atoms in total. The van der Waals surface area contributed by atoms with Crippen LogP contribution in [-0.2, 0) is 6.42 Å². The van der Waals surface area contributed by atoms with Gasteiger partial charge >= 0.3 is 0 Å². The van der Waals surface area contributed by atoms with Crippen molar-refractivity contribution >= 4 is 11.6 Å². The second-order valence-corrected chi connectivity index (χ2v) is 4.43. The molecule has 0 atom stereocenters. The molecular weight excluding hydrogens is 275 g/mol. The molecule has 0 aromatic heterocycles. The van der Waals surface area contributed by atoms with Crippen LogP contribution in [0.4, 0.5) is 4.39 Å². The normalized spacial score (nSPS) is 9.70. The van der Waals surface area contributed by atoms with Crippen molar-refractivity contribution in [3.63, 3.8) is 0 Å². The number of rotatable bonds is 4. The van der Waals surface area contributed by atoms with Crippen molar-refractivity contribution in [2.45, 2.75) is 6.42 Å². The summed E-state index contributed by atoms with van der Waals surface area (Å²) in [5.74, 6) is 5.59. The maximum absolute atomic E-state index is 13.7. The second kappa shape index (κ2) is 7.57. The van der Waals surface area contributed by atoms with Crippen LogP contribution >= 0.6 is 11.6 Å². The van der Waals surface area contributed by atoms with E-state index in [9.17, 15) is 4.39 Å². The molecule has 102 valence electrons. The molecule has 0 aliphatic heterocycles. The highest BCUT2D eigenvalue weighted by Gasteiger charge is 2.02. The number of alkyl halides is 1. The van der Waals surface area contributed by atoms with E-state index in [0.29, 0.717) is 17.9 Å². The molecule has 0 heterocycles. The Kier molecular flexibility index (Phi) is 5.46. The first kappa shape index (κ1) is 14.4. The SMILES string of the molecule is Fc1cc(OCCc2ccccc2)ccc1C#CCCl. The van der Waals surface area contributed by atoms with Gasteiger partial charge in [-0.2, -0.15) is 0 Å². The summed E-state index contributed by atoms with van der Waals surface area (Å²) in [5.41, 5.74) is 1.53. The maximum atomic E-state index is 13.7. The van der Waals surface area contributed by atoms with Crippen LogP contribution in [0, 0.1) is 17.7 Å². The third kappa shape index (κ3) is 4.29. The van der Waals surface area contributed by atoms with Crippen molar-refractivity contribution in [1.82, 2.24) is 0 Å². The van der Waals surface area contributed by atoms with E-state index in [2.05, 4.69) is 11.8 Å². The van der Waals surface area contributed by atoms with E-state index in [1.165, 1.54) is 11.6 Å². The number of halogens is 2. The van der Waals surface area contributed by atoms with Gasteiger partial charge in [-0.15, -0.1) is 11.6 Å². The number of ether oxygens (including phenoxy) is 1. The summed E-state index contributed by atoms with van der Waals surface area (Å²) in [7, 11) is 0. The third-order valence-corrected chi connectivity index (χ3v) is 2.87. The van der Waals surface area contributed by atoms with Gasteiger partial charge in [-0.25, -0.2) is 4.39 Å². The number of benzene rings is 2. The van der Waals surface area contributed by atoms with Gasteiger partial charge in [0.2, 0.25) is 0 Å². The molecule has 0 radical (unpaired) electrons. The minimum absolute atomic E-state index is 0.189. The molecule has 0 N–H and O–H groups in total. The van der Waals surface area contributed by atoms with Gasteiger partial charge in [-0.1, -0.05) is 42.2 Å². The van der Waals surface area contributed by atoms with Crippen LogP contribution in [0.1, 0.15) is 11.1 Å². The summed E-state index contributed by atoms with van der Waals surface area (Å²) in [6, 6.07) is 14.7. The van der Waals surface area contributed by atoms with Crippen LogP contribution in [0.15, 0.2) is 48.5 Å². The minimum atomic E-state index is -0.389. The third-order valence-electron chi connectivity index (χ3n) is 2.73. The van der Waals surface area contributed by atoms with Gasteiger partial charge in [0.15, 0.2) is 0 Å². The zero-order valence-corrected chi connectivity index (χ0v) is 11.7. The molecule has 2 aromatic carbocycles. The van der Waals surface area contributed by atoms with Crippen molar-refractivity contribution in [2.75, 3.05) is 12.5 Å². The fourth-order valence-corrected chi connectivity index (χ4v) is 1.81. The molecule has 0 unspecified atom stereocenters. The largest absolute Gasteiger partial charge is 0.493 e. The smallest absolute Gasteiger partial charge is 0.142 e. The van der Waals surface area contributed by atoms with E-state index >= 15 is 0 Å². The molecule has 2 rings (SSSR count). The molecule has 0 spiro atoms. The Labute approximate surface area is 123 Å². The molecule has 0 aliphatic rings. The first-order valence-electron chi connectivity index (χ1n) is 6.30. The summed E-state index contributed by atoms with van der Waals surface area (Å²) in [5, 5.41) is 0. The highest BCUT2D eigenvalue weighted by molar-refractivity contribution is 6.19. The lowest BCUT2D eigenvalue weighted by Gasteiger charge is -2.07.